The van der Waals surface area contributed by atoms with Crippen molar-refractivity contribution in [3.8, 4) is 17.1 Å². The molecule has 1 radical (unpaired) electrons. The van der Waals surface area contributed by atoms with E-state index in [-0.39, 0.29) is 50.3 Å². The van der Waals surface area contributed by atoms with E-state index >= 15 is 0 Å². The van der Waals surface area contributed by atoms with Crippen molar-refractivity contribution in [2.24, 2.45) is 10.2 Å². The minimum Gasteiger partial charge on any atom is -0.382 e. The summed E-state index contributed by atoms with van der Waals surface area (Å²) in [5.41, 5.74) is 9.72. The van der Waals surface area contributed by atoms with Gasteiger partial charge >= 0.3 is 0 Å². The number of nitrogen functional groups attached to an aromatic ring is 1. The van der Waals surface area contributed by atoms with Crippen LogP contribution in [0.3, 0.4) is 0 Å². The zero-order valence-electron chi connectivity index (χ0n) is 32.1. The van der Waals surface area contributed by atoms with Gasteiger partial charge in [0.25, 0.3) is 11.8 Å². The van der Waals surface area contributed by atoms with Crippen LogP contribution in [0.4, 0.5) is 16.6 Å². The SMILES string of the molecule is CCCCN(CCCC)C(=O)c1cc(C(=O)N(CCCC)CCCC)cc(-n2nc(C(C)(C)C)c(N=Nc3nc(-c4ccccc4)ns3)c2N)c1.[Y]. The van der Waals surface area contributed by atoms with Crippen molar-refractivity contribution in [1.29, 1.82) is 0 Å². The van der Waals surface area contributed by atoms with Gasteiger partial charge in [0.2, 0.25) is 5.13 Å². The van der Waals surface area contributed by atoms with Crippen LogP contribution >= 0.6 is 11.5 Å². The van der Waals surface area contributed by atoms with Crippen molar-refractivity contribution in [3.05, 3.63) is 65.4 Å². The number of aromatic nitrogens is 4. The minimum absolute atomic E-state index is 0. The van der Waals surface area contributed by atoms with Crippen LogP contribution in [0.15, 0.2) is 58.8 Å². The molecule has 0 saturated carbocycles. The van der Waals surface area contributed by atoms with Gasteiger partial charge in [-0.05, 0) is 43.9 Å². The van der Waals surface area contributed by atoms with Gasteiger partial charge in [-0.25, -0.2) is 4.68 Å². The van der Waals surface area contributed by atoms with E-state index in [4.69, 9.17) is 10.8 Å². The third kappa shape index (κ3) is 11.3. The Morgan fingerprint density at radius 3 is 1.75 bits per heavy atom. The van der Waals surface area contributed by atoms with Crippen LogP contribution in [0.5, 0.6) is 0 Å². The van der Waals surface area contributed by atoms with Crippen molar-refractivity contribution in [1.82, 2.24) is 28.9 Å². The standard InChI is InChI=1S/C39H55N9O2S.Y/c1-8-12-21-46(22-13-9-2)36(49)29-25-30(37(50)47(23-14-10-3)24-15-11-4)27-31(26-29)48-34(40)32(33(44-48)39(5,6)7)42-43-38-41-35(45-51-38)28-19-17-16-18-20-28;/h16-20,25-27H,8-15,21-24,40H2,1-7H3;. The molecule has 0 unspecified atom stereocenters. The van der Waals surface area contributed by atoms with Crippen LogP contribution in [0.1, 0.15) is 126 Å². The Bertz CT molecular complexity index is 1700. The van der Waals surface area contributed by atoms with Gasteiger partial charge in [0.05, 0.1) is 11.4 Å². The second kappa shape index (κ2) is 20.8. The van der Waals surface area contributed by atoms with Crippen LogP contribution in [0.25, 0.3) is 17.1 Å². The summed E-state index contributed by atoms with van der Waals surface area (Å²) >= 11 is 1.15. The number of nitrogens with zero attached hydrogens (tertiary/aromatic N) is 8. The Labute approximate surface area is 338 Å². The average Bonchev–Trinajstić information content (AvgIpc) is 3.75. The zero-order chi connectivity index (χ0) is 37.0. The second-order valence-electron chi connectivity index (χ2n) is 14.0. The minimum atomic E-state index is -0.454. The summed E-state index contributed by atoms with van der Waals surface area (Å²) in [6.45, 7) is 17.2. The van der Waals surface area contributed by atoms with Crippen LogP contribution in [0.2, 0.25) is 0 Å². The third-order valence-electron chi connectivity index (χ3n) is 8.65. The van der Waals surface area contributed by atoms with E-state index in [0.29, 0.717) is 65.3 Å². The van der Waals surface area contributed by atoms with Gasteiger partial charge < -0.3 is 15.5 Å². The number of hydrogen-bond donors (Lipinski definition) is 1. The molecular weight excluding hydrogens is 747 g/mol. The fourth-order valence-corrected chi connectivity index (χ4v) is 6.17. The molecule has 0 fully saturated rings. The van der Waals surface area contributed by atoms with Gasteiger partial charge in [0.15, 0.2) is 17.3 Å². The first kappa shape index (κ1) is 43.1. The number of rotatable bonds is 18. The molecule has 277 valence electrons. The first-order valence-corrected chi connectivity index (χ1v) is 19.2. The topological polar surface area (TPSA) is 135 Å². The predicted octanol–water partition coefficient (Wildman–Crippen LogP) is 9.77. The molecule has 2 aromatic heterocycles. The number of nitrogens with two attached hydrogens (primary N) is 1. The molecule has 2 N–H and O–H groups in total. The molecule has 13 heteroatoms. The van der Waals surface area contributed by atoms with Crippen molar-refractivity contribution >= 4 is 40.0 Å². The van der Waals surface area contributed by atoms with Gasteiger partial charge in [-0.3, -0.25) is 9.59 Å². The van der Waals surface area contributed by atoms with E-state index in [1.54, 1.807) is 22.9 Å². The van der Waals surface area contributed by atoms with E-state index in [1.165, 1.54) is 0 Å². The van der Waals surface area contributed by atoms with Crippen molar-refractivity contribution < 1.29 is 42.3 Å². The molecule has 0 aliphatic rings. The van der Waals surface area contributed by atoms with Gasteiger partial charge in [-0.15, -0.1) is 10.2 Å². The molecule has 0 bridgehead atoms. The Kier molecular flexibility index (Phi) is 17.2. The zero-order valence-corrected chi connectivity index (χ0v) is 35.7. The molecular formula is C39H55N9O2SY. The second-order valence-corrected chi connectivity index (χ2v) is 14.7. The van der Waals surface area contributed by atoms with Gasteiger partial charge in [0, 0.05) is 92.5 Å². The summed E-state index contributed by atoms with van der Waals surface area (Å²) in [5.74, 6) is 0.621. The molecule has 52 heavy (non-hydrogen) atoms. The molecule has 4 rings (SSSR count). The average molecular weight is 803 g/mol. The summed E-state index contributed by atoms with van der Waals surface area (Å²) in [6, 6.07) is 15.0. The van der Waals surface area contributed by atoms with Crippen LogP contribution in [0, 0.1) is 0 Å². The van der Waals surface area contributed by atoms with E-state index in [9.17, 15) is 9.59 Å². The summed E-state index contributed by atoms with van der Waals surface area (Å²) < 4.78 is 6.04. The van der Waals surface area contributed by atoms with Gasteiger partial charge in [-0.2, -0.15) is 14.5 Å². The summed E-state index contributed by atoms with van der Waals surface area (Å²) in [7, 11) is 0. The molecule has 0 atom stereocenters. The van der Waals surface area contributed by atoms with Gasteiger partial charge in [-0.1, -0.05) is 104 Å². The largest absolute Gasteiger partial charge is 0.382 e. The number of carbonyl (C=O) groups excluding carboxylic acids is 2. The summed E-state index contributed by atoms with van der Waals surface area (Å²) in [4.78, 5) is 36.8. The number of azo groups is 1. The normalized spacial score (nSPS) is 11.5. The molecule has 2 heterocycles. The molecule has 0 saturated heterocycles. The maximum absolute atomic E-state index is 14.2. The van der Waals surface area contributed by atoms with Crippen molar-refractivity contribution in [2.75, 3.05) is 31.9 Å². The molecule has 4 aromatic rings. The fraction of sp³-hybridized carbons (Fsp3) is 0.513. The molecule has 0 aliphatic carbocycles. The molecule has 0 aliphatic heterocycles. The Morgan fingerprint density at radius 2 is 1.29 bits per heavy atom. The number of hydrogen-bond acceptors (Lipinski definition) is 9. The summed E-state index contributed by atoms with van der Waals surface area (Å²) in [5, 5.41) is 14.4. The Morgan fingerprint density at radius 1 is 0.788 bits per heavy atom. The van der Waals surface area contributed by atoms with E-state index in [1.807, 2.05) is 60.9 Å². The first-order chi connectivity index (χ1) is 24.5. The fourth-order valence-electron chi connectivity index (χ4n) is 5.65. The van der Waals surface area contributed by atoms with E-state index in [2.05, 4.69) is 47.3 Å². The number of benzene rings is 2. The monoisotopic (exact) mass is 802 g/mol. The van der Waals surface area contributed by atoms with Crippen molar-refractivity contribution in [3.63, 3.8) is 0 Å². The predicted molar refractivity (Wildman–Crippen MR) is 208 cm³/mol. The molecule has 2 amide bonds. The van der Waals surface area contributed by atoms with Crippen molar-refractivity contribution in [2.45, 2.75) is 105 Å². The number of amides is 2. The first-order valence-electron chi connectivity index (χ1n) is 18.5. The number of anilines is 1. The third-order valence-corrected chi connectivity index (χ3v) is 9.25. The molecule has 2 aromatic carbocycles. The quantitative estimate of drug-likeness (QED) is 0.0996. The maximum atomic E-state index is 14.2. The number of carbonyl (C=O) groups is 2. The summed E-state index contributed by atoms with van der Waals surface area (Å²) in [6.07, 6.45) is 7.52. The van der Waals surface area contributed by atoms with E-state index in [0.717, 1.165) is 68.5 Å². The number of unbranched alkanes of at least 4 members (excludes halogenated alkanes) is 4. The van der Waals surface area contributed by atoms with Gasteiger partial charge in [0.1, 0.15) is 0 Å². The Hall–Kier alpha value is -3.35. The Balaban J connectivity index is 0.00000729. The maximum Gasteiger partial charge on any atom is 0.253 e. The smallest absolute Gasteiger partial charge is 0.253 e. The molecule has 11 nitrogen and oxygen atoms in total. The van der Waals surface area contributed by atoms with Crippen LogP contribution in [-0.4, -0.2) is 66.9 Å². The van der Waals surface area contributed by atoms with Crippen LogP contribution in [-0.2, 0) is 38.1 Å². The molecule has 0 spiro atoms. The van der Waals surface area contributed by atoms with Crippen LogP contribution < -0.4 is 5.73 Å². The van der Waals surface area contributed by atoms with E-state index < -0.39 is 5.41 Å².